The minimum absolute atomic E-state index is 0.0342. The van der Waals surface area contributed by atoms with Crippen LogP contribution in [0, 0.1) is 0 Å². The number of alkyl halides is 3. The molecule has 0 unspecified atom stereocenters. The molecule has 0 saturated carbocycles. The molecule has 0 atom stereocenters. The van der Waals surface area contributed by atoms with Gasteiger partial charge in [0.15, 0.2) is 5.69 Å². The summed E-state index contributed by atoms with van der Waals surface area (Å²) in [6, 6.07) is 5.68. The van der Waals surface area contributed by atoms with E-state index in [2.05, 4.69) is 9.97 Å². The lowest BCUT2D eigenvalue weighted by Crippen LogP contribution is -2.16. The van der Waals surface area contributed by atoms with Gasteiger partial charge in [-0.25, -0.2) is 4.98 Å². The number of rotatable bonds is 1. The Morgan fingerprint density at radius 2 is 1.78 bits per heavy atom. The molecule has 2 rings (SSSR count). The van der Waals surface area contributed by atoms with Crippen LogP contribution in [0.2, 0.25) is 0 Å². The van der Waals surface area contributed by atoms with Crippen molar-refractivity contribution >= 4 is 0 Å². The van der Waals surface area contributed by atoms with Gasteiger partial charge in [0, 0.05) is 11.6 Å². The Bertz CT molecular complexity index is 617. The number of hydrogen-bond donors (Lipinski definition) is 2. The molecule has 0 radical (unpaired) electrons. The molecule has 4 nitrogen and oxygen atoms in total. The lowest BCUT2D eigenvalue weighted by atomic mass is 10.2. The summed E-state index contributed by atoms with van der Waals surface area (Å²) in [6.45, 7) is 0. The SMILES string of the molecule is O=c1cc(C(F)(F)F)nc(-c2ccc(O)cc2)[nH]1. The molecule has 0 bridgehead atoms. The highest BCUT2D eigenvalue weighted by molar-refractivity contribution is 5.55. The highest BCUT2D eigenvalue weighted by Gasteiger charge is 2.33. The van der Waals surface area contributed by atoms with Crippen molar-refractivity contribution < 1.29 is 18.3 Å². The average molecular weight is 256 g/mol. The Labute approximate surface area is 98.7 Å². The molecular formula is C11H7F3N2O2. The zero-order chi connectivity index (χ0) is 13.3. The number of benzene rings is 1. The molecule has 94 valence electrons. The number of aromatic amines is 1. The van der Waals surface area contributed by atoms with Crippen molar-refractivity contribution in [2.45, 2.75) is 6.18 Å². The quantitative estimate of drug-likeness (QED) is 0.821. The average Bonchev–Trinajstić information content (AvgIpc) is 2.28. The molecule has 1 heterocycles. The number of nitrogens with one attached hydrogen (secondary N) is 1. The maximum absolute atomic E-state index is 12.5. The Morgan fingerprint density at radius 1 is 1.17 bits per heavy atom. The summed E-state index contributed by atoms with van der Waals surface area (Å²) >= 11 is 0. The van der Waals surface area contributed by atoms with Gasteiger partial charge in [-0.3, -0.25) is 4.79 Å². The van der Waals surface area contributed by atoms with Crippen molar-refractivity contribution in [3.63, 3.8) is 0 Å². The number of aromatic hydroxyl groups is 1. The largest absolute Gasteiger partial charge is 0.508 e. The number of H-pyrrole nitrogens is 1. The minimum atomic E-state index is -4.68. The first-order valence-electron chi connectivity index (χ1n) is 4.84. The Morgan fingerprint density at radius 3 is 2.33 bits per heavy atom. The molecule has 2 N–H and O–H groups in total. The van der Waals surface area contributed by atoms with Crippen molar-refractivity contribution in [3.8, 4) is 17.1 Å². The van der Waals surface area contributed by atoms with Gasteiger partial charge in [-0.15, -0.1) is 0 Å². The predicted octanol–water partition coefficient (Wildman–Crippen LogP) is 2.16. The van der Waals surface area contributed by atoms with Crippen molar-refractivity contribution in [3.05, 3.63) is 46.4 Å². The molecule has 0 spiro atoms. The summed E-state index contributed by atoms with van der Waals surface area (Å²) in [6.07, 6.45) is -4.68. The lowest BCUT2D eigenvalue weighted by Gasteiger charge is -2.07. The van der Waals surface area contributed by atoms with Crippen molar-refractivity contribution in [1.29, 1.82) is 0 Å². The van der Waals surface area contributed by atoms with Gasteiger partial charge in [0.2, 0.25) is 0 Å². The monoisotopic (exact) mass is 256 g/mol. The minimum Gasteiger partial charge on any atom is -0.508 e. The van der Waals surface area contributed by atoms with Crippen molar-refractivity contribution in [2.24, 2.45) is 0 Å². The van der Waals surface area contributed by atoms with E-state index in [1.807, 2.05) is 0 Å². The fourth-order valence-corrected chi connectivity index (χ4v) is 1.36. The number of phenolic OH excluding ortho intramolecular Hbond substituents is 1. The van der Waals surface area contributed by atoms with Crippen LogP contribution in [0.1, 0.15) is 5.69 Å². The first-order chi connectivity index (χ1) is 8.36. The Balaban J connectivity index is 2.55. The van der Waals surface area contributed by atoms with E-state index in [0.717, 1.165) is 0 Å². The second-order valence-corrected chi connectivity index (χ2v) is 3.52. The van der Waals surface area contributed by atoms with Crippen molar-refractivity contribution in [2.75, 3.05) is 0 Å². The summed E-state index contributed by atoms with van der Waals surface area (Å²) in [4.78, 5) is 16.7. The molecule has 0 aliphatic rings. The second kappa shape index (κ2) is 4.17. The molecule has 7 heteroatoms. The fraction of sp³-hybridized carbons (Fsp3) is 0.0909. The maximum Gasteiger partial charge on any atom is 0.433 e. The van der Waals surface area contributed by atoms with Crippen LogP contribution in [0.25, 0.3) is 11.4 Å². The Kier molecular flexibility index (Phi) is 2.82. The number of phenols is 1. The molecule has 1 aromatic carbocycles. The third kappa shape index (κ3) is 2.50. The van der Waals surface area contributed by atoms with E-state index in [0.29, 0.717) is 6.07 Å². The van der Waals surface area contributed by atoms with Crippen LogP contribution in [0.5, 0.6) is 5.75 Å². The van der Waals surface area contributed by atoms with Gasteiger partial charge in [-0.05, 0) is 24.3 Å². The van der Waals surface area contributed by atoms with Gasteiger partial charge in [0.05, 0.1) is 0 Å². The van der Waals surface area contributed by atoms with E-state index in [4.69, 9.17) is 5.11 Å². The molecule has 1 aromatic heterocycles. The number of halogens is 3. The van der Waals surface area contributed by atoms with Crippen LogP contribution >= 0.6 is 0 Å². The van der Waals surface area contributed by atoms with E-state index in [9.17, 15) is 18.0 Å². The van der Waals surface area contributed by atoms with Gasteiger partial charge in [0.1, 0.15) is 11.6 Å². The topological polar surface area (TPSA) is 66.0 Å². The van der Waals surface area contributed by atoms with Crippen LogP contribution < -0.4 is 5.56 Å². The van der Waals surface area contributed by atoms with Crippen LogP contribution in [0.3, 0.4) is 0 Å². The van der Waals surface area contributed by atoms with Crippen LogP contribution in [0.15, 0.2) is 35.1 Å². The maximum atomic E-state index is 12.5. The van der Waals surface area contributed by atoms with Gasteiger partial charge in [-0.2, -0.15) is 13.2 Å². The summed E-state index contributed by atoms with van der Waals surface area (Å²) in [5, 5.41) is 9.07. The summed E-state index contributed by atoms with van der Waals surface area (Å²) in [5.74, 6) is -0.233. The number of nitrogens with zero attached hydrogens (tertiary/aromatic N) is 1. The van der Waals surface area contributed by atoms with Crippen LogP contribution in [-0.4, -0.2) is 15.1 Å². The fourth-order valence-electron chi connectivity index (χ4n) is 1.36. The van der Waals surface area contributed by atoms with Gasteiger partial charge in [-0.1, -0.05) is 0 Å². The third-order valence-electron chi connectivity index (χ3n) is 2.17. The van der Waals surface area contributed by atoms with E-state index >= 15 is 0 Å². The predicted molar refractivity (Wildman–Crippen MR) is 57.0 cm³/mol. The smallest absolute Gasteiger partial charge is 0.433 e. The van der Waals surface area contributed by atoms with Gasteiger partial charge < -0.3 is 10.1 Å². The summed E-state index contributed by atoms with van der Waals surface area (Å²) < 4.78 is 37.4. The van der Waals surface area contributed by atoms with Gasteiger partial charge in [0.25, 0.3) is 5.56 Å². The molecule has 2 aromatic rings. The zero-order valence-corrected chi connectivity index (χ0v) is 8.82. The zero-order valence-electron chi connectivity index (χ0n) is 8.82. The molecule has 0 fully saturated rings. The second-order valence-electron chi connectivity index (χ2n) is 3.52. The van der Waals surface area contributed by atoms with Crippen molar-refractivity contribution in [1.82, 2.24) is 9.97 Å². The van der Waals surface area contributed by atoms with E-state index < -0.39 is 17.4 Å². The van der Waals surface area contributed by atoms with Gasteiger partial charge >= 0.3 is 6.18 Å². The van der Waals surface area contributed by atoms with E-state index in [1.54, 1.807) is 0 Å². The lowest BCUT2D eigenvalue weighted by molar-refractivity contribution is -0.141. The molecular weight excluding hydrogens is 249 g/mol. The molecule has 18 heavy (non-hydrogen) atoms. The number of aromatic nitrogens is 2. The highest BCUT2D eigenvalue weighted by Crippen LogP contribution is 2.27. The molecule has 0 aliphatic heterocycles. The standard InChI is InChI=1S/C11H7F3N2O2/c12-11(13,14)8-5-9(18)16-10(15-8)6-1-3-7(17)4-2-6/h1-5,17H,(H,15,16,18). The summed E-state index contributed by atoms with van der Waals surface area (Å²) in [5.41, 5.74) is -1.87. The van der Waals surface area contributed by atoms with E-state index in [-0.39, 0.29) is 17.1 Å². The third-order valence-corrected chi connectivity index (χ3v) is 2.17. The highest BCUT2D eigenvalue weighted by atomic mass is 19.4. The normalized spacial score (nSPS) is 11.5. The van der Waals surface area contributed by atoms with Crippen LogP contribution in [-0.2, 0) is 6.18 Å². The molecule has 0 saturated heterocycles. The van der Waals surface area contributed by atoms with Crippen LogP contribution in [0.4, 0.5) is 13.2 Å². The first kappa shape index (κ1) is 12.2. The number of hydrogen-bond acceptors (Lipinski definition) is 3. The first-order valence-corrected chi connectivity index (χ1v) is 4.84. The molecule has 0 amide bonds. The summed E-state index contributed by atoms with van der Waals surface area (Å²) in [7, 11) is 0. The molecule has 0 aliphatic carbocycles. The Hall–Kier alpha value is -2.31. The van der Waals surface area contributed by atoms with E-state index in [1.165, 1.54) is 24.3 Å².